The zero-order valence-electron chi connectivity index (χ0n) is 36.0. The standard InChI is InChI=1S/C51H41N7O6S3/c1-32-55-56-50(67-32)65-29-28-35-30-40(59)44-42(47(61)58(44)43(35)48(62)64-45(33-18-8-3-9-19-33)34-20-10-4-11-21-34)53-46(60)41(57-63-2)39-31-66-49(52-39)54-51(36-22-12-5-13-23-36,37-24-14-6-15-25-37)38-26-16-7-17-27-38/h3-29,31,42,44-45H,30H2,1-2H3,(H,52,54)(H,53,60). The first kappa shape index (κ1) is 44.7. The second kappa shape index (κ2) is 19.9. The molecule has 7 aromatic rings. The van der Waals surface area contributed by atoms with E-state index in [1.807, 2.05) is 159 Å². The number of amides is 2. The highest BCUT2D eigenvalue weighted by atomic mass is 32.2. The molecular weight excluding hydrogens is 903 g/mol. The van der Waals surface area contributed by atoms with Gasteiger partial charge >= 0.3 is 5.97 Å². The molecule has 2 unspecified atom stereocenters. The summed E-state index contributed by atoms with van der Waals surface area (Å²) in [5, 5.41) is 23.3. The highest BCUT2D eigenvalue weighted by molar-refractivity contribution is 8.03. The predicted octanol–water partition coefficient (Wildman–Crippen LogP) is 8.62. The third-order valence-corrected chi connectivity index (χ3v) is 13.7. The Balaban J connectivity index is 1.00. The molecular formula is C51H41N7O6S3. The van der Waals surface area contributed by atoms with Crippen LogP contribution in [-0.4, -0.2) is 68.6 Å². The average molecular weight is 944 g/mol. The Kier molecular flexibility index (Phi) is 13.3. The third-order valence-electron chi connectivity index (χ3n) is 11.3. The Morgan fingerprint density at radius 2 is 1.37 bits per heavy atom. The topological polar surface area (TPSA) is 165 Å². The summed E-state index contributed by atoms with van der Waals surface area (Å²) in [6.07, 6.45) is 0.563. The van der Waals surface area contributed by atoms with Gasteiger partial charge in [0.2, 0.25) is 0 Å². The Labute approximate surface area is 398 Å². The number of ether oxygens (including phenoxy) is 1. The van der Waals surface area contributed by atoms with Gasteiger partial charge in [0, 0.05) is 11.8 Å². The van der Waals surface area contributed by atoms with Gasteiger partial charge in [0.15, 0.2) is 27.1 Å². The number of allylic oxidation sites excluding steroid dienone is 2. The van der Waals surface area contributed by atoms with E-state index in [0.29, 0.717) is 20.6 Å². The summed E-state index contributed by atoms with van der Waals surface area (Å²) in [5.74, 6) is -2.68. The van der Waals surface area contributed by atoms with Crippen molar-refractivity contribution >= 4 is 68.8 Å². The van der Waals surface area contributed by atoms with Gasteiger partial charge in [-0.1, -0.05) is 180 Å². The minimum Gasteiger partial charge on any atom is -0.448 e. The first-order chi connectivity index (χ1) is 32.7. The molecule has 0 saturated carbocycles. The van der Waals surface area contributed by atoms with Crippen molar-refractivity contribution < 1.29 is 28.8 Å². The van der Waals surface area contributed by atoms with E-state index in [9.17, 15) is 19.2 Å². The summed E-state index contributed by atoms with van der Waals surface area (Å²) < 4.78 is 6.92. The number of hydrogen-bond donors (Lipinski definition) is 2. The lowest BCUT2D eigenvalue weighted by atomic mass is 9.77. The number of oxime groups is 1. The molecule has 2 aliphatic heterocycles. The fourth-order valence-electron chi connectivity index (χ4n) is 8.24. The maximum absolute atomic E-state index is 14.5. The zero-order valence-corrected chi connectivity index (χ0v) is 38.5. The SMILES string of the molecule is CON=C(C(=O)NC1C(=O)N2C(C(=O)OC(c3ccccc3)c3ccccc3)=C(C=CSc3nnc(C)s3)CC(=O)C12)c1csc(NC(c2ccccc2)(c2ccccc2)c2ccccc2)n1. The molecule has 16 heteroatoms. The molecule has 0 aliphatic carbocycles. The van der Waals surface area contributed by atoms with Gasteiger partial charge in [0.25, 0.3) is 11.8 Å². The van der Waals surface area contributed by atoms with Crippen LogP contribution in [0, 0.1) is 6.92 Å². The van der Waals surface area contributed by atoms with Crippen LogP contribution in [0.2, 0.25) is 0 Å². The number of thioether (sulfide) groups is 1. The molecule has 9 rings (SSSR count). The second-order valence-electron chi connectivity index (χ2n) is 15.4. The summed E-state index contributed by atoms with van der Waals surface area (Å²) in [7, 11) is 1.30. The minimum atomic E-state index is -1.33. The molecule has 2 amide bonds. The van der Waals surface area contributed by atoms with Gasteiger partial charge in [0.05, 0.1) is 0 Å². The minimum absolute atomic E-state index is 0.0954. The van der Waals surface area contributed by atoms with Crippen LogP contribution in [0.3, 0.4) is 0 Å². The van der Waals surface area contributed by atoms with E-state index in [0.717, 1.165) is 26.6 Å². The molecule has 2 N–H and O–H groups in total. The van der Waals surface area contributed by atoms with Gasteiger partial charge in [-0.15, -0.1) is 21.5 Å². The number of nitrogens with one attached hydrogen (secondary N) is 2. The maximum atomic E-state index is 14.5. The Morgan fingerprint density at radius 1 is 0.821 bits per heavy atom. The van der Waals surface area contributed by atoms with Gasteiger partial charge in [-0.05, 0) is 51.8 Å². The van der Waals surface area contributed by atoms with Crippen LogP contribution in [0.4, 0.5) is 5.13 Å². The maximum Gasteiger partial charge on any atom is 0.356 e. The summed E-state index contributed by atoms with van der Waals surface area (Å²) in [5.41, 5.74) is 3.51. The molecule has 2 aliphatic rings. The lowest BCUT2D eigenvalue weighted by Gasteiger charge is -2.49. The number of β-lactam (4-membered cyclic amide) rings is 1. The predicted molar refractivity (Wildman–Crippen MR) is 258 cm³/mol. The van der Waals surface area contributed by atoms with Crippen molar-refractivity contribution in [3.63, 3.8) is 0 Å². The molecule has 67 heavy (non-hydrogen) atoms. The molecule has 1 saturated heterocycles. The summed E-state index contributed by atoms with van der Waals surface area (Å²) >= 11 is 3.92. The largest absolute Gasteiger partial charge is 0.448 e. The van der Waals surface area contributed by atoms with E-state index >= 15 is 0 Å². The van der Waals surface area contributed by atoms with E-state index in [1.54, 1.807) is 16.9 Å². The van der Waals surface area contributed by atoms with Crippen LogP contribution in [0.1, 0.15) is 51.0 Å². The van der Waals surface area contributed by atoms with Crippen molar-refractivity contribution in [2.24, 2.45) is 5.16 Å². The fourth-order valence-corrected chi connectivity index (χ4v) is 10.6. The number of esters is 1. The number of hydrogen-bond acceptors (Lipinski definition) is 14. The number of aromatic nitrogens is 3. The van der Waals surface area contributed by atoms with Gasteiger partial charge in [0.1, 0.15) is 41.1 Å². The second-order valence-corrected chi connectivity index (χ2v) is 18.6. The lowest BCUT2D eigenvalue weighted by molar-refractivity contribution is -0.162. The molecule has 0 radical (unpaired) electrons. The summed E-state index contributed by atoms with van der Waals surface area (Å²) in [6, 6.07) is 46.0. The van der Waals surface area contributed by atoms with E-state index in [2.05, 4.69) is 26.0 Å². The number of fused-ring (bicyclic) bond motifs is 1. The monoisotopic (exact) mass is 943 g/mol. The number of carbonyl (C=O) groups is 4. The highest BCUT2D eigenvalue weighted by Gasteiger charge is 2.58. The van der Waals surface area contributed by atoms with Crippen molar-refractivity contribution in [2.75, 3.05) is 12.4 Å². The van der Waals surface area contributed by atoms with Crippen molar-refractivity contribution in [3.05, 3.63) is 218 Å². The van der Waals surface area contributed by atoms with Gasteiger partial charge in [-0.25, -0.2) is 9.78 Å². The fraction of sp³-hybridized carbons (Fsp3) is 0.137. The number of benzene rings is 5. The quantitative estimate of drug-likeness (QED) is 0.0238. The first-order valence-corrected chi connectivity index (χ1v) is 23.7. The number of nitrogens with zero attached hydrogens (tertiary/aromatic N) is 5. The average Bonchev–Trinajstić information content (AvgIpc) is 4.02. The molecule has 0 bridgehead atoms. The Bertz CT molecular complexity index is 2860. The molecule has 13 nitrogen and oxygen atoms in total. The van der Waals surface area contributed by atoms with E-state index in [4.69, 9.17) is 14.6 Å². The number of Topliss-reactive ketones (excluding diaryl/α,β-unsaturated/α-hetero) is 1. The van der Waals surface area contributed by atoms with E-state index in [-0.39, 0.29) is 34.9 Å². The Hall–Kier alpha value is -7.53. The van der Waals surface area contributed by atoms with E-state index < -0.39 is 41.5 Å². The number of rotatable bonds is 16. The van der Waals surface area contributed by atoms with Crippen molar-refractivity contribution in [1.82, 2.24) is 25.4 Å². The molecule has 334 valence electrons. The smallest absolute Gasteiger partial charge is 0.356 e. The number of carbonyl (C=O) groups excluding carboxylic acids is 4. The molecule has 2 atom stereocenters. The van der Waals surface area contributed by atoms with Gasteiger partial charge in [-0.3, -0.25) is 19.3 Å². The first-order valence-electron chi connectivity index (χ1n) is 21.1. The van der Waals surface area contributed by atoms with Gasteiger partial charge in [-0.2, -0.15) is 0 Å². The van der Waals surface area contributed by atoms with Crippen LogP contribution >= 0.6 is 34.4 Å². The molecule has 1 fully saturated rings. The summed E-state index contributed by atoms with van der Waals surface area (Å²) in [4.78, 5) is 68.3. The normalized spacial score (nSPS) is 16.2. The zero-order chi connectivity index (χ0) is 46.3. The lowest BCUT2D eigenvalue weighted by Crippen LogP contribution is -2.74. The number of anilines is 1. The number of aryl methyl sites for hydroxylation is 1. The molecule has 2 aromatic heterocycles. The molecule has 4 heterocycles. The van der Waals surface area contributed by atoms with Crippen LogP contribution in [0.5, 0.6) is 0 Å². The number of ketones is 1. The van der Waals surface area contributed by atoms with E-state index in [1.165, 1.54) is 41.5 Å². The van der Waals surface area contributed by atoms with Crippen LogP contribution in [0.15, 0.2) is 189 Å². The van der Waals surface area contributed by atoms with Gasteiger partial charge < -0.3 is 20.2 Å². The highest BCUT2D eigenvalue weighted by Crippen LogP contribution is 2.42. The Morgan fingerprint density at radius 3 is 1.90 bits per heavy atom. The molecule has 5 aromatic carbocycles. The van der Waals surface area contributed by atoms with Crippen molar-refractivity contribution in [1.29, 1.82) is 0 Å². The van der Waals surface area contributed by atoms with Crippen LogP contribution in [0.25, 0.3) is 0 Å². The number of thiazole rings is 1. The summed E-state index contributed by atoms with van der Waals surface area (Å²) in [6.45, 7) is 1.84. The van der Waals surface area contributed by atoms with Crippen LogP contribution in [-0.2, 0) is 34.3 Å². The van der Waals surface area contributed by atoms with Crippen LogP contribution < -0.4 is 10.6 Å². The third kappa shape index (κ3) is 9.19. The van der Waals surface area contributed by atoms with Crippen molar-refractivity contribution in [2.45, 2.75) is 41.4 Å². The van der Waals surface area contributed by atoms with Crippen molar-refractivity contribution in [3.8, 4) is 0 Å². The molecule has 0 spiro atoms.